The fourth-order valence-electron chi connectivity index (χ4n) is 1.78. The summed E-state index contributed by atoms with van der Waals surface area (Å²) in [6.07, 6.45) is 0. The molecule has 7 heteroatoms. The van der Waals surface area contributed by atoms with Gasteiger partial charge in [-0.1, -0.05) is 6.07 Å². The number of thiazole rings is 1. The van der Waals surface area contributed by atoms with Gasteiger partial charge in [0, 0.05) is 12.1 Å². The number of hydrogen-bond donors (Lipinski definition) is 1. The molecular weight excluding hydrogens is 278 g/mol. The number of nitro groups is 1. The molecule has 0 spiro atoms. The van der Waals surface area contributed by atoms with Crippen molar-refractivity contribution in [2.24, 2.45) is 0 Å². The minimum absolute atomic E-state index is 0.0527. The largest absolute Gasteiger partial charge is 0.321 e. The first-order valence-electron chi connectivity index (χ1n) is 5.89. The Hall–Kier alpha value is -2.28. The van der Waals surface area contributed by atoms with Crippen LogP contribution in [0.2, 0.25) is 0 Å². The van der Waals surface area contributed by atoms with E-state index in [9.17, 15) is 14.9 Å². The van der Waals surface area contributed by atoms with E-state index in [1.54, 1.807) is 19.9 Å². The van der Waals surface area contributed by atoms with E-state index in [0.29, 0.717) is 16.3 Å². The van der Waals surface area contributed by atoms with Gasteiger partial charge in [-0.2, -0.15) is 0 Å². The SMILES string of the molecule is Cc1nc(C)c(C(=O)Nc2cc([N+](=O)[O-])ccc2C)s1. The summed E-state index contributed by atoms with van der Waals surface area (Å²) < 4.78 is 0. The number of anilines is 1. The molecule has 2 aromatic rings. The Bertz CT molecular complexity index is 694. The topological polar surface area (TPSA) is 85.1 Å². The van der Waals surface area contributed by atoms with Crippen LogP contribution in [0.25, 0.3) is 0 Å². The second-order valence-corrected chi connectivity index (χ2v) is 5.56. The first kappa shape index (κ1) is 14.1. The van der Waals surface area contributed by atoms with Crippen LogP contribution >= 0.6 is 11.3 Å². The molecule has 1 aromatic carbocycles. The second kappa shape index (κ2) is 5.38. The first-order chi connectivity index (χ1) is 9.38. The van der Waals surface area contributed by atoms with Crippen LogP contribution in [-0.4, -0.2) is 15.8 Å². The minimum atomic E-state index is -0.489. The van der Waals surface area contributed by atoms with Gasteiger partial charge in [0.2, 0.25) is 0 Å². The Morgan fingerprint density at radius 3 is 2.60 bits per heavy atom. The van der Waals surface area contributed by atoms with Crippen LogP contribution in [-0.2, 0) is 0 Å². The van der Waals surface area contributed by atoms with Gasteiger partial charge in [-0.15, -0.1) is 11.3 Å². The van der Waals surface area contributed by atoms with Crippen molar-refractivity contribution in [2.45, 2.75) is 20.8 Å². The highest BCUT2D eigenvalue weighted by Crippen LogP contribution is 2.24. The maximum Gasteiger partial charge on any atom is 0.271 e. The molecule has 1 amide bonds. The van der Waals surface area contributed by atoms with Gasteiger partial charge in [0.05, 0.1) is 21.3 Å². The smallest absolute Gasteiger partial charge is 0.271 e. The minimum Gasteiger partial charge on any atom is -0.321 e. The normalized spacial score (nSPS) is 10.3. The molecule has 6 nitrogen and oxygen atoms in total. The molecule has 104 valence electrons. The molecule has 0 aliphatic heterocycles. The lowest BCUT2D eigenvalue weighted by Gasteiger charge is -2.07. The van der Waals surface area contributed by atoms with Crippen LogP contribution in [0.5, 0.6) is 0 Å². The van der Waals surface area contributed by atoms with Crippen LogP contribution in [0.4, 0.5) is 11.4 Å². The van der Waals surface area contributed by atoms with Crippen molar-refractivity contribution in [2.75, 3.05) is 5.32 Å². The predicted molar refractivity (Wildman–Crippen MR) is 77.4 cm³/mol. The Kier molecular flexibility index (Phi) is 3.80. The lowest BCUT2D eigenvalue weighted by molar-refractivity contribution is -0.384. The molecular formula is C13H13N3O3S. The average molecular weight is 291 g/mol. The molecule has 0 radical (unpaired) electrons. The summed E-state index contributed by atoms with van der Waals surface area (Å²) in [5.41, 5.74) is 1.81. The number of hydrogen-bond acceptors (Lipinski definition) is 5. The summed E-state index contributed by atoms with van der Waals surface area (Å²) >= 11 is 1.30. The molecule has 1 heterocycles. The Morgan fingerprint density at radius 1 is 1.35 bits per heavy atom. The summed E-state index contributed by atoms with van der Waals surface area (Å²) in [6.45, 7) is 5.37. The summed E-state index contributed by atoms with van der Waals surface area (Å²) in [5, 5.41) is 14.3. The second-order valence-electron chi connectivity index (χ2n) is 4.36. The molecule has 0 aliphatic carbocycles. The van der Waals surface area contributed by atoms with Gasteiger partial charge in [0.25, 0.3) is 11.6 Å². The molecule has 20 heavy (non-hydrogen) atoms. The van der Waals surface area contributed by atoms with Gasteiger partial charge in [-0.05, 0) is 26.3 Å². The Labute approximate surface area is 119 Å². The monoisotopic (exact) mass is 291 g/mol. The molecule has 0 saturated carbocycles. The lowest BCUT2D eigenvalue weighted by Crippen LogP contribution is -2.12. The molecule has 0 fully saturated rings. The fourth-order valence-corrected chi connectivity index (χ4v) is 2.59. The fraction of sp³-hybridized carbons (Fsp3) is 0.231. The van der Waals surface area contributed by atoms with Crippen molar-refractivity contribution < 1.29 is 9.72 Å². The van der Waals surface area contributed by atoms with Crippen molar-refractivity contribution >= 4 is 28.6 Å². The van der Waals surface area contributed by atoms with Gasteiger partial charge < -0.3 is 5.32 Å². The van der Waals surface area contributed by atoms with Gasteiger partial charge in [0.15, 0.2) is 0 Å². The number of non-ortho nitro benzene ring substituents is 1. The predicted octanol–water partition coefficient (Wildman–Crippen LogP) is 3.23. The van der Waals surface area contributed by atoms with Crippen LogP contribution in [0.1, 0.15) is 25.9 Å². The van der Waals surface area contributed by atoms with Crippen LogP contribution in [0.3, 0.4) is 0 Å². The number of rotatable bonds is 3. The number of aryl methyl sites for hydroxylation is 3. The maximum absolute atomic E-state index is 12.2. The number of aromatic nitrogens is 1. The summed E-state index contributed by atoms with van der Waals surface area (Å²) in [6, 6.07) is 4.38. The molecule has 2 rings (SSSR count). The van der Waals surface area contributed by atoms with Gasteiger partial charge in [-0.3, -0.25) is 14.9 Å². The van der Waals surface area contributed by atoms with Crippen molar-refractivity contribution in [1.29, 1.82) is 0 Å². The molecule has 0 unspecified atom stereocenters. The number of amides is 1. The zero-order chi connectivity index (χ0) is 14.9. The standard InChI is InChI=1S/C13H13N3O3S/c1-7-4-5-10(16(18)19)6-11(7)15-13(17)12-8(2)14-9(3)20-12/h4-6H,1-3H3,(H,15,17). The Morgan fingerprint density at radius 2 is 2.05 bits per heavy atom. The van der Waals surface area contributed by atoms with E-state index >= 15 is 0 Å². The van der Waals surface area contributed by atoms with Crippen LogP contribution in [0, 0.1) is 30.9 Å². The van der Waals surface area contributed by atoms with Crippen molar-refractivity contribution in [3.63, 3.8) is 0 Å². The third-order valence-corrected chi connectivity index (χ3v) is 3.86. The van der Waals surface area contributed by atoms with Crippen LogP contribution in [0.15, 0.2) is 18.2 Å². The zero-order valence-electron chi connectivity index (χ0n) is 11.3. The third-order valence-electron chi connectivity index (χ3n) is 2.79. The lowest BCUT2D eigenvalue weighted by atomic mass is 10.2. The van der Waals surface area contributed by atoms with Gasteiger partial charge in [0.1, 0.15) is 4.88 Å². The molecule has 0 aliphatic rings. The molecule has 1 aromatic heterocycles. The maximum atomic E-state index is 12.2. The molecule has 0 bridgehead atoms. The molecule has 0 atom stereocenters. The number of nitro benzene ring substituents is 1. The van der Waals surface area contributed by atoms with Crippen molar-refractivity contribution in [1.82, 2.24) is 4.98 Å². The van der Waals surface area contributed by atoms with E-state index in [4.69, 9.17) is 0 Å². The van der Waals surface area contributed by atoms with E-state index in [-0.39, 0.29) is 11.6 Å². The number of carbonyl (C=O) groups is 1. The summed E-state index contributed by atoms with van der Waals surface area (Å²) in [7, 11) is 0. The highest BCUT2D eigenvalue weighted by molar-refractivity contribution is 7.13. The first-order valence-corrected chi connectivity index (χ1v) is 6.70. The van der Waals surface area contributed by atoms with Crippen LogP contribution < -0.4 is 5.32 Å². The van der Waals surface area contributed by atoms with Crippen molar-refractivity contribution in [3.8, 4) is 0 Å². The van der Waals surface area contributed by atoms with Gasteiger partial charge >= 0.3 is 0 Å². The van der Waals surface area contributed by atoms with E-state index in [0.717, 1.165) is 10.6 Å². The highest BCUT2D eigenvalue weighted by Gasteiger charge is 2.16. The third kappa shape index (κ3) is 2.83. The van der Waals surface area contributed by atoms with Crippen molar-refractivity contribution in [3.05, 3.63) is 49.5 Å². The van der Waals surface area contributed by atoms with E-state index < -0.39 is 4.92 Å². The number of carbonyl (C=O) groups excluding carboxylic acids is 1. The summed E-state index contributed by atoms with van der Waals surface area (Å²) in [5.74, 6) is -0.295. The Balaban J connectivity index is 2.30. The van der Waals surface area contributed by atoms with E-state index in [1.165, 1.54) is 23.5 Å². The number of nitrogens with zero attached hydrogens (tertiary/aromatic N) is 2. The average Bonchev–Trinajstić information content (AvgIpc) is 2.71. The zero-order valence-corrected chi connectivity index (χ0v) is 12.1. The highest BCUT2D eigenvalue weighted by atomic mass is 32.1. The van der Waals surface area contributed by atoms with E-state index in [1.807, 2.05) is 6.92 Å². The molecule has 1 N–H and O–H groups in total. The number of nitrogens with one attached hydrogen (secondary N) is 1. The molecule has 0 saturated heterocycles. The summed E-state index contributed by atoms with van der Waals surface area (Å²) in [4.78, 5) is 27.2. The quantitative estimate of drug-likeness (QED) is 0.695. The van der Waals surface area contributed by atoms with E-state index in [2.05, 4.69) is 10.3 Å². The number of benzene rings is 1. The van der Waals surface area contributed by atoms with Gasteiger partial charge in [-0.25, -0.2) is 4.98 Å².